The highest BCUT2D eigenvalue weighted by Gasteiger charge is 2.60. The minimum Gasteiger partial charge on any atom is -0.273 e. The third kappa shape index (κ3) is 3.83. The van der Waals surface area contributed by atoms with Gasteiger partial charge in [0.25, 0.3) is 5.91 Å². The fourth-order valence-corrected chi connectivity index (χ4v) is 3.03. The van der Waals surface area contributed by atoms with Gasteiger partial charge in [-0.1, -0.05) is 53.0 Å². The van der Waals surface area contributed by atoms with Crippen LogP contribution in [0.4, 0.5) is 0 Å². The molecule has 4 nitrogen and oxygen atoms in total. The first kappa shape index (κ1) is 17.3. The van der Waals surface area contributed by atoms with Crippen molar-refractivity contribution in [2.45, 2.75) is 13.8 Å². The number of hydrogen-bond donors (Lipinski definition) is 2. The largest absolute Gasteiger partial charge is 0.273 e. The second kappa shape index (κ2) is 6.60. The third-order valence-corrected chi connectivity index (χ3v) is 4.68. The molecular formula is C15H15BrCl2N2O2. The first-order valence-corrected chi connectivity index (χ1v) is 8.17. The quantitative estimate of drug-likeness (QED) is 0.751. The van der Waals surface area contributed by atoms with Crippen LogP contribution in [0.3, 0.4) is 0 Å². The van der Waals surface area contributed by atoms with Crippen molar-refractivity contribution in [3.63, 3.8) is 0 Å². The van der Waals surface area contributed by atoms with Crippen molar-refractivity contribution in [3.05, 3.63) is 44.9 Å². The van der Waals surface area contributed by atoms with Gasteiger partial charge in [0.2, 0.25) is 5.91 Å². The van der Waals surface area contributed by atoms with Gasteiger partial charge in [0.05, 0.1) is 5.92 Å². The summed E-state index contributed by atoms with van der Waals surface area (Å²) < 4.78 is 1.02. The molecule has 1 fully saturated rings. The van der Waals surface area contributed by atoms with Gasteiger partial charge in [-0.25, -0.2) is 0 Å². The Morgan fingerprint density at radius 2 is 1.77 bits per heavy atom. The molecule has 0 bridgehead atoms. The molecule has 0 aliphatic heterocycles. The first-order chi connectivity index (χ1) is 10.2. The average molecular weight is 406 g/mol. The molecule has 2 rings (SSSR count). The molecule has 0 aromatic heterocycles. The molecule has 7 heteroatoms. The van der Waals surface area contributed by atoms with E-state index >= 15 is 0 Å². The van der Waals surface area contributed by atoms with E-state index in [2.05, 4.69) is 26.8 Å². The number of hydrogen-bond acceptors (Lipinski definition) is 2. The summed E-state index contributed by atoms with van der Waals surface area (Å²) in [6, 6.07) is 6.82. The Morgan fingerprint density at radius 3 is 2.32 bits per heavy atom. The first-order valence-electron chi connectivity index (χ1n) is 6.62. The summed E-state index contributed by atoms with van der Waals surface area (Å²) in [6.07, 6.45) is 1.66. The summed E-state index contributed by atoms with van der Waals surface area (Å²) in [4.78, 5) is 24.1. The maximum absolute atomic E-state index is 12.2. The van der Waals surface area contributed by atoms with Crippen molar-refractivity contribution in [1.82, 2.24) is 10.9 Å². The van der Waals surface area contributed by atoms with E-state index in [1.807, 2.05) is 13.8 Å². The molecule has 0 unspecified atom stereocenters. The van der Waals surface area contributed by atoms with Gasteiger partial charge in [0.1, 0.15) is 4.49 Å². The van der Waals surface area contributed by atoms with Crippen LogP contribution in [-0.2, 0) is 4.79 Å². The molecule has 0 radical (unpaired) electrons. The number of benzene rings is 1. The van der Waals surface area contributed by atoms with Crippen molar-refractivity contribution in [1.29, 1.82) is 0 Å². The second-order valence-corrected chi connectivity index (χ2v) is 7.65. The maximum atomic E-state index is 12.2. The topological polar surface area (TPSA) is 58.2 Å². The average Bonchev–Trinajstić information content (AvgIpc) is 2.96. The molecule has 2 N–H and O–H groups in total. The SMILES string of the molecule is CC1(C)[C@H](C(=O)NNC(=O)c2ccc(Br)cc2)[C@@H]1C=C(Cl)Cl. The van der Waals surface area contributed by atoms with Crippen molar-refractivity contribution in [3.8, 4) is 0 Å². The lowest BCUT2D eigenvalue weighted by molar-refractivity contribution is -0.123. The zero-order valence-corrected chi connectivity index (χ0v) is 15.1. The summed E-state index contributed by atoms with van der Waals surface area (Å²) in [5.74, 6) is -0.944. The minimum absolute atomic E-state index is 0.0397. The summed E-state index contributed by atoms with van der Waals surface area (Å²) in [7, 11) is 0. The minimum atomic E-state index is -0.373. The van der Waals surface area contributed by atoms with Gasteiger partial charge >= 0.3 is 0 Å². The maximum Gasteiger partial charge on any atom is 0.269 e. The highest BCUT2D eigenvalue weighted by molar-refractivity contribution is 9.10. The molecule has 1 aliphatic rings. The van der Waals surface area contributed by atoms with Crippen LogP contribution >= 0.6 is 39.1 Å². The van der Waals surface area contributed by atoms with E-state index in [0.717, 1.165) is 4.47 Å². The summed E-state index contributed by atoms with van der Waals surface area (Å²) in [6.45, 7) is 3.90. The zero-order valence-electron chi connectivity index (χ0n) is 12.0. The Bertz CT molecular complexity index is 625. The molecule has 1 aromatic rings. The normalized spacial score (nSPS) is 21.7. The molecule has 0 spiro atoms. The van der Waals surface area contributed by atoms with Gasteiger partial charge in [0.15, 0.2) is 0 Å². The van der Waals surface area contributed by atoms with Crippen molar-refractivity contribution < 1.29 is 9.59 Å². The number of rotatable bonds is 3. The zero-order chi connectivity index (χ0) is 16.5. The van der Waals surface area contributed by atoms with Crippen molar-refractivity contribution >= 4 is 50.9 Å². The van der Waals surface area contributed by atoms with Crippen LogP contribution in [-0.4, -0.2) is 11.8 Å². The Labute approximate surface area is 147 Å². The number of hydrazine groups is 1. The van der Waals surface area contributed by atoms with Crippen LogP contribution in [0.5, 0.6) is 0 Å². The van der Waals surface area contributed by atoms with E-state index in [4.69, 9.17) is 23.2 Å². The molecule has 1 aromatic carbocycles. The molecule has 2 atom stereocenters. The Morgan fingerprint density at radius 1 is 1.18 bits per heavy atom. The smallest absolute Gasteiger partial charge is 0.269 e. The summed E-state index contributed by atoms with van der Waals surface area (Å²) in [5, 5.41) is 0. The van der Waals surface area contributed by atoms with E-state index in [1.54, 1.807) is 30.3 Å². The van der Waals surface area contributed by atoms with Crippen molar-refractivity contribution in [2.24, 2.45) is 17.3 Å². The van der Waals surface area contributed by atoms with E-state index < -0.39 is 0 Å². The molecule has 1 aliphatic carbocycles. The van der Waals surface area contributed by atoms with Gasteiger partial charge < -0.3 is 0 Å². The van der Waals surface area contributed by atoms with E-state index in [-0.39, 0.29) is 33.6 Å². The number of nitrogens with one attached hydrogen (secondary N) is 2. The highest BCUT2D eigenvalue weighted by Crippen LogP contribution is 2.59. The van der Waals surface area contributed by atoms with Crippen LogP contribution in [0.1, 0.15) is 24.2 Å². The monoisotopic (exact) mass is 404 g/mol. The van der Waals surface area contributed by atoms with Gasteiger partial charge in [-0.05, 0) is 41.7 Å². The fraction of sp³-hybridized carbons (Fsp3) is 0.333. The number of carbonyl (C=O) groups is 2. The molecule has 118 valence electrons. The number of allylic oxidation sites excluding steroid dienone is 1. The molecule has 0 saturated heterocycles. The lowest BCUT2D eigenvalue weighted by Gasteiger charge is -2.08. The molecule has 1 saturated carbocycles. The standard InChI is InChI=1S/C15H15BrCl2N2O2/c1-15(2)10(7-11(17)18)12(15)14(22)20-19-13(21)8-3-5-9(16)6-4-8/h3-7,10,12H,1-2H3,(H,19,21)(H,20,22)/t10-,12-/m0/s1. The number of carbonyl (C=O) groups excluding carboxylic acids is 2. The number of amides is 2. The summed E-state index contributed by atoms with van der Waals surface area (Å²) >= 11 is 14.6. The second-order valence-electron chi connectivity index (χ2n) is 5.73. The highest BCUT2D eigenvalue weighted by atomic mass is 79.9. The van der Waals surface area contributed by atoms with Crippen LogP contribution < -0.4 is 10.9 Å². The Kier molecular flexibility index (Phi) is 5.20. The molecule has 2 amide bonds. The lowest BCUT2D eigenvalue weighted by Crippen LogP contribution is -2.43. The van der Waals surface area contributed by atoms with Crippen LogP contribution in [0.2, 0.25) is 0 Å². The molecule has 0 heterocycles. The molecular weight excluding hydrogens is 391 g/mol. The predicted molar refractivity (Wildman–Crippen MR) is 90.3 cm³/mol. The van der Waals surface area contributed by atoms with Crippen LogP contribution in [0.25, 0.3) is 0 Å². The van der Waals surface area contributed by atoms with Crippen molar-refractivity contribution in [2.75, 3.05) is 0 Å². The van der Waals surface area contributed by atoms with E-state index in [9.17, 15) is 9.59 Å². The predicted octanol–water partition coefficient (Wildman–Crippen LogP) is 3.80. The Balaban J connectivity index is 1.92. The van der Waals surface area contributed by atoms with E-state index in [1.165, 1.54) is 0 Å². The van der Waals surface area contributed by atoms with Gasteiger partial charge in [0, 0.05) is 10.0 Å². The van der Waals surface area contributed by atoms with Gasteiger partial charge in [-0.15, -0.1) is 0 Å². The van der Waals surface area contributed by atoms with Crippen LogP contribution in [0.15, 0.2) is 39.3 Å². The third-order valence-electron chi connectivity index (χ3n) is 3.90. The number of halogens is 3. The fourth-order valence-electron chi connectivity index (χ4n) is 2.49. The van der Waals surface area contributed by atoms with Gasteiger partial charge in [-0.2, -0.15) is 0 Å². The molecule has 22 heavy (non-hydrogen) atoms. The Hall–Kier alpha value is -1.04. The lowest BCUT2D eigenvalue weighted by atomic mass is 10.1. The van der Waals surface area contributed by atoms with Gasteiger partial charge in [-0.3, -0.25) is 20.4 Å². The van der Waals surface area contributed by atoms with E-state index in [0.29, 0.717) is 5.56 Å². The van der Waals surface area contributed by atoms with Crippen LogP contribution in [0, 0.1) is 17.3 Å². The summed E-state index contributed by atoms with van der Waals surface area (Å²) in [5.41, 5.74) is 5.08.